The fraction of sp³-hybridized carbons (Fsp3) is 0.636. The molecule has 2 aliphatic rings. The number of carbonyl (C=O) groups is 1. The largest absolute Gasteiger partial charge is 0.372 e. The van der Waals surface area contributed by atoms with Crippen LogP contribution in [0.4, 0.5) is 5.69 Å². The number of hydrogen-bond donors (Lipinski definition) is 1. The lowest BCUT2D eigenvalue weighted by Crippen LogP contribution is -2.53. The molecular formula is C22H36IN5O. The Balaban J connectivity index is 0.00000300. The number of benzene rings is 1. The molecule has 6 nitrogen and oxygen atoms in total. The van der Waals surface area contributed by atoms with Crippen molar-refractivity contribution < 1.29 is 4.79 Å². The maximum atomic E-state index is 11.5. The highest BCUT2D eigenvalue weighted by molar-refractivity contribution is 14.0. The maximum Gasteiger partial charge on any atom is 0.219 e. The normalized spacial score (nSPS) is 18.4. The van der Waals surface area contributed by atoms with E-state index in [-0.39, 0.29) is 29.9 Å². The minimum absolute atomic E-state index is 0. The molecule has 0 bridgehead atoms. The first-order chi connectivity index (χ1) is 13.6. The van der Waals surface area contributed by atoms with E-state index in [9.17, 15) is 4.79 Å². The van der Waals surface area contributed by atoms with Crippen molar-refractivity contribution in [3.8, 4) is 0 Å². The van der Waals surface area contributed by atoms with Crippen LogP contribution in [-0.4, -0.2) is 67.5 Å². The number of anilines is 1. The Hall–Kier alpha value is -1.51. The van der Waals surface area contributed by atoms with Gasteiger partial charge in [-0.2, -0.15) is 0 Å². The molecular weight excluding hydrogens is 477 g/mol. The van der Waals surface area contributed by atoms with Crippen molar-refractivity contribution in [2.24, 2.45) is 10.9 Å². The van der Waals surface area contributed by atoms with E-state index in [1.54, 1.807) is 6.92 Å². The predicted octanol–water partition coefficient (Wildman–Crippen LogP) is 3.17. The van der Waals surface area contributed by atoms with E-state index in [2.05, 4.69) is 53.2 Å². The van der Waals surface area contributed by atoms with E-state index < -0.39 is 0 Å². The third-order valence-corrected chi connectivity index (χ3v) is 5.86. The monoisotopic (exact) mass is 513 g/mol. The van der Waals surface area contributed by atoms with Gasteiger partial charge in [0.25, 0.3) is 0 Å². The number of nitrogens with one attached hydrogen (secondary N) is 1. The molecule has 2 saturated heterocycles. The molecule has 0 saturated carbocycles. The average Bonchev–Trinajstić information content (AvgIpc) is 2.72. The highest BCUT2D eigenvalue weighted by Crippen LogP contribution is 2.23. The van der Waals surface area contributed by atoms with Crippen LogP contribution in [0.15, 0.2) is 29.3 Å². The molecule has 1 aromatic rings. The highest BCUT2D eigenvalue weighted by Gasteiger charge is 2.21. The fourth-order valence-corrected chi connectivity index (χ4v) is 3.90. The minimum Gasteiger partial charge on any atom is -0.372 e. The summed E-state index contributed by atoms with van der Waals surface area (Å²) < 4.78 is 0. The van der Waals surface area contributed by atoms with Gasteiger partial charge in [-0.1, -0.05) is 19.1 Å². The molecule has 29 heavy (non-hydrogen) atoms. The van der Waals surface area contributed by atoms with E-state index >= 15 is 0 Å². The van der Waals surface area contributed by atoms with Gasteiger partial charge in [-0.25, -0.2) is 4.99 Å². The van der Waals surface area contributed by atoms with Crippen molar-refractivity contribution in [3.05, 3.63) is 29.8 Å². The van der Waals surface area contributed by atoms with E-state index in [0.29, 0.717) is 6.54 Å². The second kappa shape index (κ2) is 11.6. The number of hydrogen-bond acceptors (Lipinski definition) is 3. The maximum absolute atomic E-state index is 11.5. The summed E-state index contributed by atoms with van der Waals surface area (Å²) in [5.74, 6) is 1.95. The number of rotatable bonds is 4. The highest BCUT2D eigenvalue weighted by atomic mass is 127. The van der Waals surface area contributed by atoms with Gasteiger partial charge in [0.05, 0.1) is 6.54 Å². The molecule has 0 aromatic heterocycles. The van der Waals surface area contributed by atoms with E-state index in [0.717, 1.165) is 57.7 Å². The zero-order valence-corrected chi connectivity index (χ0v) is 20.4. The molecule has 1 aromatic carbocycles. The molecule has 3 rings (SSSR count). The van der Waals surface area contributed by atoms with E-state index in [1.807, 2.05) is 4.90 Å². The third kappa shape index (κ3) is 6.76. The zero-order chi connectivity index (χ0) is 19.9. The lowest BCUT2D eigenvalue weighted by atomic mass is 9.99. The second-order valence-corrected chi connectivity index (χ2v) is 8.00. The average molecular weight is 513 g/mol. The van der Waals surface area contributed by atoms with Gasteiger partial charge in [0, 0.05) is 58.4 Å². The predicted molar refractivity (Wildman–Crippen MR) is 131 cm³/mol. The Morgan fingerprint density at radius 3 is 2.17 bits per heavy atom. The number of aliphatic imine (C=N–C) groups is 1. The molecule has 0 aliphatic carbocycles. The van der Waals surface area contributed by atoms with Gasteiger partial charge < -0.3 is 20.0 Å². The van der Waals surface area contributed by atoms with Gasteiger partial charge in [-0.15, -0.1) is 24.0 Å². The molecule has 2 fully saturated rings. The molecule has 2 heterocycles. The smallest absolute Gasteiger partial charge is 0.219 e. The van der Waals surface area contributed by atoms with Gasteiger partial charge in [-0.3, -0.25) is 4.79 Å². The number of nitrogens with zero attached hydrogens (tertiary/aromatic N) is 4. The number of guanidine groups is 1. The van der Waals surface area contributed by atoms with Gasteiger partial charge in [0.2, 0.25) is 5.91 Å². The molecule has 162 valence electrons. The Bertz CT molecular complexity index is 662. The minimum atomic E-state index is 0. The number of amides is 1. The molecule has 0 radical (unpaired) electrons. The van der Waals surface area contributed by atoms with Crippen molar-refractivity contribution in [3.63, 3.8) is 0 Å². The van der Waals surface area contributed by atoms with Crippen LogP contribution in [-0.2, 0) is 11.3 Å². The first-order valence-corrected chi connectivity index (χ1v) is 10.7. The second-order valence-electron chi connectivity index (χ2n) is 8.00. The molecule has 7 heteroatoms. The van der Waals surface area contributed by atoms with Gasteiger partial charge in [0.15, 0.2) is 5.96 Å². The number of halogens is 1. The molecule has 1 amide bonds. The van der Waals surface area contributed by atoms with Crippen molar-refractivity contribution in [2.45, 2.75) is 40.2 Å². The summed E-state index contributed by atoms with van der Waals surface area (Å²) in [5.41, 5.74) is 2.55. The number of piperidine rings is 1. The Morgan fingerprint density at radius 2 is 1.62 bits per heavy atom. The molecule has 1 N–H and O–H groups in total. The first kappa shape index (κ1) is 23.8. The van der Waals surface area contributed by atoms with Crippen LogP contribution < -0.4 is 10.2 Å². The van der Waals surface area contributed by atoms with Crippen molar-refractivity contribution in [2.75, 3.05) is 50.7 Å². The summed E-state index contributed by atoms with van der Waals surface area (Å²) in [6.45, 7) is 13.1. The SMILES string of the molecule is CCNC(=NCc1ccc(N2CCC(C)CC2)cc1)N1CCN(C(C)=O)CC1.I. The van der Waals surface area contributed by atoms with E-state index in [4.69, 9.17) is 4.99 Å². The van der Waals surface area contributed by atoms with Crippen molar-refractivity contribution >= 4 is 41.5 Å². The van der Waals surface area contributed by atoms with Gasteiger partial charge >= 0.3 is 0 Å². The topological polar surface area (TPSA) is 51.2 Å². The summed E-state index contributed by atoms with van der Waals surface area (Å²) in [6.07, 6.45) is 2.57. The van der Waals surface area contributed by atoms with Crippen LogP contribution in [0, 0.1) is 5.92 Å². The standard InChI is InChI=1S/C22H35N5O.HI/c1-4-23-22(27-15-13-25(14-16-27)19(3)28)24-17-20-5-7-21(8-6-20)26-11-9-18(2)10-12-26;/h5-8,18H,4,9-17H2,1-3H3,(H,23,24);1H. The quantitative estimate of drug-likeness (QED) is 0.382. The van der Waals surface area contributed by atoms with Gasteiger partial charge in [-0.05, 0) is 43.4 Å². The number of carbonyl (C=O) groups excluding carboxylic acids is 1. The molecule has 2 aliphatic heterocycles. The summed E-state index contributed by atoms with van der Waals surface area (Å²) in [4.78, 5) is 23.0. The Labute approximate surface area is 192 Å². The zero-order valence-electron chi connectivity index (χ0n) is 18.1. The third-order valence-electron chi connectivity index (χ3n) is 5.86. The van der Waals surface area contributed by atoms with Crippen LogP contribution in [0.1, 0.15) is 39.2 Å². The van der Waals surface area contributed by atoms with Crippen LogP contribution >= 0.6 is 24.0 Å². The Morgan fingerprint density at radius 1 is 1.03 bits per heavy atom. The van der Waals surface area contributed by atoms with E-state index in [1.165, 1.54) is 24.1 Å². The summed E-state index contributed by atoms with van der Waals surface area (Å²) in [5, 5.41) is 3.40. The molecule has 0 atom stereocenters. The first-order valence-electron chi connectivity index (χ1n) is 10.7. The van der Waals surface area contributed by atoms with Crippen LogP contribution in [0.2, 0.25) is 0 Å². The number of piperazine rings is 1. The summed E-state index contributed by atoms with van der Waals surface area (Å²) in [6, 6.07) is 8.88. The fourth-order valence-electron chi connectivity index (χ4n) is 3.90. The van der Waals surface area contributed by atoms with Crippen LogP contribution in [0.25, 0.3) is 0 Å². The summed E-state index contributed by atoms with van der Waals surface area (Å²) in [7, 11) is 0. The lowest BCUT2D eigenvalue weighted by molar-refractivity contribution is -0.130. The Kier molecular flexibility index (Phi) is 9.52. The van der Waals surface area contributed by atoms with Crippen LogP contribution in [0.3, 0.4) is 0 Å². The molecule has 0 unspecified atom stereocenters. The van der Waals surface area contributed by atoms with Crippen molar-refractivity contribution in [1.82, 2.24) is 15.1 Å². The van der Waals surface area contributed by atoms with Gasteiger partial charge in [0.1, 0.15) is 0 Å². The lowest BCUT2D eigenvalue weighted by Gasteiger charge is -2.36. The van der Waals surface area contributed by atoms with Crippen LogP contribution in [0.5, 0.6) is 0 Å². The van der Waals surface area contributed by atoms with Crippen molar-refractivity contribution in [1.29, 1.82) is 0 Å². The molecule has 0 spiro atoms. The summed E-state index contributed by atoms with van der Waals surface area (Å²) >= 11 is 0.